The first-order chi connectivity index (χ1) is 12.6. The third-order valence-electron chi connectivity index (χ3n) is 5.54. The van der Waals surface area contributed by atoms with Crippen LogP contribution in [0.2, 0.25) is 0 Å². The highest BCUT2D eigenvalue weighted by Crippen LogP contribution is 2.34. The van der Waals surface area contributed by atoms with Gasteiger partial charge < -0.3 is 19.4 Å². The van der Waals surface area contributed by atoms with Crippen molar-refractivity contribution in [1.29, 1.82) is 0 Å². The summed E-state index contributed by atoms with van der Waals surface area (Å²) in [6.45, 7) is 3.37. The van der Waals surface area contributed by atoms with Crippen LogP contribution in [0.15, 0.2) is 12.1 Å². The SMILES string of the molecule is COc1cc2c(cc1OC)CN(C(=O)[C@H]1CCc3nc(C)[nH]c3C1)CC2. The number of fused-ring (bicyclic) bond motifs is 2. The van der Waals surface area contributed by atoms with E-state index in [1.165, 1.54) is 5.56 Å². The van der Waals surface area contributed by atoms with Gasteiger partial charge in [-0.25, -0.2) is 4.98 Å². The Balaban J connectivity index is 1.51. The average molecular weight is 355 g/mol. The van der Waals surface area contributed by atoms with Crippen molar-refractivity contribution in [2.45, 2.75) is 39.2 Å². The number of aryl methyl sites for hydroxylation is 2. The number of methoxy groups -OCH3 is 2. The second kappa shape index (κ2) is 6.67. The number of rotatable bonds is 3. The molecule has 1 aliphatic carbocycles. The molecule has 0 unspecified atom stereocenters. The number of nitrogens with zero attached hydrogens (tertiary/aromatic N) is 2. The molecule has 0 saturated carbocycles. The van der Waals surface area contributed by atoms with Crippen LogP contribution in [0.1, 0.15) is 34.8 Å². The van der Waals surface area contributed by atoms with Crippen molar-refractivity contribution in [3.05, 3.63) is 40.5 Å². The third kappa shape index (κ3) is 2.93. The molecule has 2 aromatic rings. The van der Waals surface area contributed by atoms with E-state index in [-0.39, 0.29) is 11.8 Å². The van der Waals surface area contributed by atoms with Crippen molar-refractivity contribution < 1.29 is 14.3 Å². The molecule has 0 saturated heterocycles. The van der Waals surface area contributed by atoms with Crippen LogP contribution in [0.4, 0.5) is 0 Å². The summed E-state index contributed by atoms with van der Waals surface area (Å²) in [6.07, 6.45) is 3.38. The van der Waals surface area contributed by atoms with E-state index in [0.29, 0.717) is 6.54 Å². The van der Waals surface area contributed by atoms with E-state index < -0.39 is 0 Å². The first-order valence-corrected chi connectivity index (χ1v) is 9.16. The number of ether oxygens (including phenoxy) is 2. The molecular weight excluding hydrogens is 330 g/mol. The minimum absolute atomic E-state index is 0.0454. The zero-order chi connectivity index (χ0) is 18.3. The second-order valence-electron chi connectivity index (χ2n) is 7.17. The molecule has 1 aromatic heterocycles. The maximum Gasteiger partial charge on any atom is 0.226 e. The van der Waals surface area contributed by atoms with Crippen LogP contribution in [0.25, 0.3) is 0 Å². The highest BCUT2D eigenvalue weighted by Gasteiger charge is 2.32. The number of carbonyl (C=O) groups excluding carboxylic acids is 1. The van der Waals surface area contributed by atoms with Crippen LogP contribution in [-0.4, -0.2) is 41.5 Å². The highest BCUT2D eigenvalue weighted by molar-refractivity contribution is 5.80. The molecule has 1 atom stereocenters. The molecule has 26 heavy (non-hydrogen) atoms. The number of imidazole rings is 1. The van der Waals surface area contributed by atoms with Crippen molar-refractivity contribution >= 4 is 5.91 Å². The predicted molar refractivity (Wildman–Crippen MR) is 97.5 cm³/mol. The number of H-pyrrole nitrogens is 1. The van der Waals surface area contributed by atoms with E-state index in [1.54, 1.807) is 14.2 Å². The summed E-state index contributed by atoms with van der Waals surface area (Å²) in [5, 5.41) is 0. The molecule has 1 aromatic carbocycles. The van der Waals surface area contributed by atoms with Gasteiger partial charge in [-0.15, -0.1) is 0 Å². The maximum atomic E-state index is 13.1. The first-order valence-electron chi connectivity index (χ1n) is 9.16. The number of hydrogen-bond acceptors (Lipinski definition) is 4. The quantitative estimate of drug-likeness (QED) is 0.918. The van der Waals surface area contributed by atoms with Crippen molar-refractivity contribution in [2.75, 3.05) is 20.8 Å². The molecule has 2 heterocycles. The third-order valence-corrected chi connectivity index (χ3v) is 5.54. The number of aromatic nitrogens is 2. The molecule has 0 fully saturated rings. The smallest absolute Gasteiger partial charge is 0.226 e. The molecular formula is C20H25N3O3. The van der Waals surface area contributed by atoms with Gasteiger partial charge in [0.25, 0.3) is 0 Å². The predicted octanol–water partition coefficient (Wildman–Crippen LogP) is 2.43. The topological polar surface area (TPSA) is 67.5 Å². The van der Waals surface area contributed by atoms with Gasteiger partial charge in [0.2, 0.25) is 5.91 Å². The number of nitrogens with one attached hydrogen (secondary N) is 1. The monoisotopic (exact) mass is 355 g/mol. The van der Waals surface area contributed by atoms with Gasteiger partial charge in [0.1, 0.15) is 5.82 Å². The standard InChI is InChI=1S/C20H25N3O3/c1-12-21-16-5-4-14(8-17(16)22-12)20(24)23-7-6-13-9-18(25-2)19(26-3)10-15(13)11-23/h9-10,14H,4-8,11H2,1-3H3,(H,21,22)/t14-/m0/s1. The van der Waals surface area contributed by atoms with E-state index in [9.17, 15) is 4.79 Å². The Kier molecular flexibility index (Phi) is 4.34. The fourth-order valence-electron chi connectivity index (χ4n) is 4.16. The normalized spacial score (nSPS) is 18.9. The van der Waals surface area contributed by atoms with Gasteiger partial charge >= 0.3 is 0 Å². The van der Waals surface area contributed by atoms with E-state index >= 15 is 0 Å². The molecule has 0 radical (unpaired) electrons. The van der Waals surface area contributed by atoms with Crippen molar-refractivity contribution in [3.8, 4) is 11.5 Å². The maximum absolute atomic E-state index is 13.1. The highest BCUT2D eigenvalue weighted by atomic mass is 16.5. The van der Waals surface area contributed by atoms with Crippen LogP contribution in [0, 0.1) is 12.8 Å². The van der Waals surface area contributed by atoms with Crippen molar-refractivity contribution in [1.82, 2.24) is 14.9 Å². The van der Waals surface area contributed by atoms with E-state index in [1.807, 2.05) is 24.0 Å². The van der Waals surface area contributed by atoms with Crippen LogP contribution in [0.3, 0.4) is 0 Å². The van der Waals surface area contributed by atoms with Crippen LogP contribution in [-0.2, 0) is 30.6 Å². The van der Waals surface area contributed by atoms with Gasteiger partial charge in [-0.3, -0.25) is 4.79 Å². The summed E-state index contributed by atoms with van der Waals surface area (Å²) in [5.74, 6) is 2.71. The molecule has 6 nitrogen and oxygen atoms in total. The van der Waals surface area contributed by atoms with Gasteiger partial charge in [0.15, 0.2) is 11.5 Å². The summed E-state index contributed by atoms with van der Waals surface area (Å²) in [5.41, 5.74) is 4.65. The van der Waals surface area contributed by atoms with Gasteiger partial charge in [-0.2, -0.15) is 0 Å². The number of carbonyl (C=O) groups is 1. The number of benzene rings is 1. The zero-order valence-electron chi connectivity index (χ0n) is 15.6. The zero-order valence-corrected chi connectivity index (χ0v) is 15.6. The van der Waals surface area contributed by atoms with E-state index in [4.69, 9.17) is 9.47 Å². The molecule has 4 rings (SSSR count). The fraction of sp³-hybridized carbons (Fsp3) is 0.500. The summed E-state index contributed by atoms with van der Waals surface area (Å²) in [4.78, 5) is 22.9. The second-order valence-corrected chi connectivity index (χ2v) is 7.17. The lowest BCUT2D eigenvalue weighted by Gasteiger charge is -2.33. The number of aromatic amines is 1. The molecule has 6 heteroatoms. The molecule has 1 aliphatic heterocycles. The Morgan fingerprint density at radius 3 is 2.65 bits per heavy atom. The molecule has 1 N–H and O–H groups in total. The van der Waals surface area contributed by atoms with Crippen LogP contribution < -0.4 is 9.47 Å². The lowest BCUT2D eigenvalue weighted by Crippen LogP contribution is -2.41. The van der Waals surface area contributed by atoms with E-state index in [0.717, 1.165) is 66.5 Å². The first kappa shape index (κ1) is 16.9. The van der Waals surface area contributed by atoms with Crippen molar-refractivity contribution in [3.63, 3.8) is 0 Å². The Morgan fingerprint density at radius 1 is 1.19 bits per heavy atom. The Labute approximate surface area is 153 Å². The van der Waals surface area contributed by atoms with Gasteiger partial charge in [0, 0.05) is 31.1 Å². The Morgan fingerprint density at radius 2 is 1.92 bits per heavy atom. The summed E-state index contributed by atoms with van der Waals surface area (Å²) < 4.78 is 10.8. The van der Waals surface area contributed by atoms with Crippen LogP contribution >= 0.6 is 0 Å². The molecule has 2 aliphatic rings. The fourth-order valence-corrected chi connectivity index (χ4v) is 4.16. The van der Waals surface area contributed by atoms with Gasteiger partial charge in [-0.05, 0) is 49.4 Å². The average Bonchev–Trinajstić information content (AvgIpc) is 3.04. The summed E-state index contributed by atoms with van der Waals surface area (Å²) in [7, 11) is 3.29. The summed E-state index contributed by atoms with van der Waals surface area (Å²) >= 11 is 0. The van der Waals surface area contributed by atoms with Crippen LogP contribution in [0.5, 0.6) is 11.5 Å². The molecule has 138 valence electrons. The molecule has 1 amide bonds. The molecule has 0 bridgehead atoms. The Hall–Kier alpha value is -2.50. The Bertz CT molecular complexity index is 843. The van der Waals surface area contributed by atoms with Crippen molar-refractivity contribution in [2.24, 2.45) is 5.92 Å². The molecule has 0 spiro atoms. The van der Waals surface area contributed by atoms with Gasteiger partial charge in [0.05, 0.1) is 19.9 Å². The largest absolute Gasteiger partial charge is 0.493 e. The summed E-state index contributed by atoms with van der Waals surface area (Å²) in [6, 6.07) is 4.04. The minimum atomic E-state index is 0.0454. The number of amides is 1. The lowest BCUT2D eigenvalue weighted by molar-refractivity contribution is -0.136. The van der Waals surface area contributed by atoms with Gasteiger partial charge in [-0.1, -0.05) is 0 Å². The lowest BCUT2D eigenvalue weighted by atomic mass is 9.88. The van der Waals surface area contributed by atoms with E-state index in [2.05, 4.69) is 9.97 Å². The minimum Gasteiger partial charge on any atom is -0.493 e. The number of hydrogen-bond donors (Lipinski definition) is 1.